The van der Waals surface area contributed by atoms with Crippen molar-refractivity contribution < 1.29 is 0 Å². The van der Waals surface area contributed by atoms with Crippen LogP contribution in [0.4, 0.5) is 0 Å². The summed E-state index contributed by atoms with van der Waals surface area (Å²) in [4.78, 5) is 4.30. The van der Waals surface area contributed by atoms with E-state index < -0.39 is 0 Å². The molecule has 78 valence electrons. The number of hydrogen-bond acceptors (Lipinski definition) is 3. The number of fused-ring (bicyclic) bond motifs is 1. The van der Waals surface area contributed by atoms with Crippen molar-refractivity contribution >= 4 is 27.3 Å². The van der Waals surface area contributed by atoms with Gasteiger partial charge in [-0.25, -0.2) is 4.98 Å². The van der Waals surface area contributed by atoms with Gasteiger partial charge in [-0.05, 0) is 35.2 Å². The molecule has 0 spiro atoms. The highest BCUT2D eigenvalue weighted by Crippen LogP contribution is 2.33. The summed E-state index contributed by atoms with van der Waals surface area (Å²) in [7, 11) is 0. The molecule has 2 aromatic rings. The zero-order valence-electron chi connectivity index (χ0n) is 8.11. The van der Waals surface area contributed by atoms with Gasteiger partial charge in [0.1, 0.15) is 10.7 Å². The highest BCUT2D eigenvalue weighted by molar-refractivity contribution is 9.10. The van der Waals surface area contributed by atoms with E-state index in [-0.39, 0.29) is 0 Å². The van der Waals surface area contributed by atoms with Crippen LogP contribution in [-0.2, 0) is 13.0 Å². The summed E-state index contributed by atoms with van der Waals surface area (Å²) in [6.07, 6.45) is 5.45. The van der Waals surface area contributed by atoms with E-state index in [1.807, 2.05) is 11.6 Å². The van der Waals surface area contributed by atoms with Crippen LogP contribution in [0, 0.1) is 0 Å². The molecule has 0 bridgehead atoms. The highest BCUT2D eigenvalue weighted by atomic mass is 79.9. The maximum atomic E-state index is 4.61. The number of thiazole rings is 1. The zero-order chi connectivity index (χ0) is 10.3. The fourth-order valence-corrected chi connectivity index (χ4v) is 3.36. The molecule has 0 N–H and O–H groups in total. The van der Waals surface area contributed by atoms with E-state index in [9.17, 15) is 0 Å². The first-order valence-electron chi connectivity index (χ1n) is 5.01. The lowest BCUT2D eigenvalue weighted by Gasteiger charge is -2.12. The normalized spacial score (nSPS) is 15.3. The maximum Gasteiger partial charge on any atom is 0.144 e. The molecule has 3 rings (SSSR count). The Morgan fingerprint density at radius 1 is 1.40 bits per heavy atom. The second kappa shape index (κ2) is 3.72. The first kappa shape index (κ1) is 9.54. The van der Waals surface area contributed by atoms with Crippen LogP contribution in [0.1, 0.15) is 18.5 Å². The highest BCUT2D eigenvalue weighted by Gasteiger charge is 2.20. The fraction of sp³-hybridized carbons (Fsp3) is 0.400. The smallest absolute Gasteiger partial charge is 0.144 e. The largest absolute Gasteiger partial charge is 0.268 e. The van der Waals surface area contributed by atoms with E-state index in [0.717, 1.165) is 28.1 Å². The lowest BCUT2D eigenvalue weighted by Crippen LogP contribution is -2.10. The predicted octanol–water partition coefficient (Wildman–Crippen LogP) is 3.11. The van der Waals surface area contributed by atoms with E-state index >= 15 is 0 Å². The van der Waals surface area contributed by atoms with Gasteiger partial charge in [-0.2, -0.15) is 5.10 Å². The predicted molar refractivity (Wildman–Crippen MR) is 64.0 cm³/mol. The van der Waals surface area contributed by atoms with E-state index in [2.05, 4.69) is 30.7 Å². The van der Waals surface area contributed by atoms with Crippen LogP contribution in [0.25, 0.3) is 10.7 Å². The molecule has 1 aliphatic heterocycles. The first-order valence-corrected chi connectivity index (χ1v) is 6.68. The van der Waals surface area contributed by atoms with Crippen LogP contribution in [0.15, 0.2) is 16.0 Å². The van der Waals surface area contributed by atoms with Gasteiger partial charge in [0.15, 0.2) is 0 Å². The van der Waals surface area contributed by atoms with E-state index in [4.69, 9.17) is 0 Å². The molecular weight excluding hydrogens is 274 g/mol. The number of nitrogens with zero attached hydrogens (tertiary/aromatic N) is 3. The van der Waals surface area contributed by atoms with E-state index in [1.54, 1.807) is 11.3 Å². The van der Waals surface area contributed by atoms with Crippen molar-refractivity contribution in [3.8, 4) is 10.7 Å². The molecule has 5 heteroatoms. The summed E-state index contributed by atoms with van der Waals surface area (Å²) in [5.41, 5.74) is 2.33. The molecule has 3 nitrogen and oxygen atoms in total. The Morgan fingerprint density at radius 2 is 2.33 bits per heavy atom. The second-order valence-electron chi connectivity index (χ2n) is 3.63. The summed E-state index contributed by atoms with van der Waals surface area (Å²) >= 11 is 5.28. The molecule has 0 aromatic carbocycles. The molecule has 0 saturated heterocycles. The number of halogens is 1. The van der Waals surface area contributed by atoms with Gasteiger partial charge < -0.3 is 0 Å². The van der Waals surface area contributed by atoms with Crippen LogP contribution in [-0.4, -0.2) is 14.8 Å². The Kier molecular flexibility index (Phi) is 2.36. The summed E-state index contributed by atoms with van der Waals surface area (Å²) in [6.45, 7) is 1.04. The average molecular weight is 284 g/mol. The molecule has 0 amide bonds. The third-order valence-corrected chi connectivity index (χ3v) is 4.28. The average Bonchev–Trinajstić information content (AvgIpc) is 2.87. The van der Waals surface area contributed by atoms with Gasteiger partial charge in [0.2, 0.25) is 0 Å². The molecule has 15 heavy (non-hydrogen) atoms. The topological polar surface area (TPSA) is 30.7 Å². The van der Waals surface area contributed by atoms with Crippen molar-refractivity contribution in [3.05, 3.63) is 21.7 Å². The standard InChI is InChI=1S/C10H10BrN3S/c11-8-7-3-1-2-5-14(7)13-9(8)10-12-4-6-15-10/h4,6H,1-3,5H2. The summed E-state index contributed by atoms with van der Waals surface area (Å²) < 4.78 is 3.25. The first-order chi connectivity index (χ1) is 7.36. The minimum absolute atomic E-state index is 1.00. The maximum absolute atomic E-state index is 4.61. The molecule has 0 radical (unpaired) electrons. The lowest BCUT2D eigenvalue weighted by molar-refractivity contribution is 0.486. The molecule has 0 atom stereocenters. The van der Waals surface area contributed by atoms with Crippen molar-refractivity contribution in [2.45, 2.75) is 25.8 Å². The van der Waals surface area contributed by atoms with Crippen LogP contribution >= 0.6 is 27.3 Å². The number of hydrogen-bond donors (Lipinski definition) is 0. The lowest BCUT2D eigenvalue weighted by atomic mass is 10.1. The van der Waals surface area contributed by atoms with Crippen LogP contribution in [0.5, 0.6) is 0 Å². The monoisotopic (exact) mass is 283 g/mol. The van der Waals surface area contributed by atoms with Gasteiger partial charge in [-0.1, -0.05) is 0 Å². The van der Waals surface area contributed by atoms with Gasteiger partial charge >= 0.3 is 0 Å². The van der Waals surface area contributed by atoms with Gasteiger partial charge in [0.05, 0.1) is 10.2 Å². The third kappa shape index (κ3) is 1.54. The van der Waals surface area contributed by atoms with Crippen molar-refractivity contribution in [1.29, 1.82) is 0 Å². The van der Waals surface area contributed by atoms with Crippen molar-refractivity contribution in [2.24, 2.45) is 0 Å². The second-order valence-corrected chi connectivity index (χ2v) is 5.31. The Hall–Kier alpha value is -0.680. The molecule has 1 aliphatic rings. The Morgan fingerprint density at radius 3 is 3.07 bits per heavy atom. The van der Waals surface area contributed by atoms with Crippen LogP contribution < -0.4 is 0 Å². The van der Waals surface area contributed by atoms with Crippen LogP contribution in [0.3, 0.4) is 0 Å². The summed E-state index contributed by atoms with van der Waals surface area (Å²) in [5.74, 6) is 0. The SMILES string of the molecule is Brc1c(-c2nccs2)nn2c1CCCC2. The van der Waals surface area contributed by atoms with Gasteiger partial charge in [0, 0.05) is 18.1 Å². The fourth-order valence-electron chi connectivity index (χ4n) is 1.93. The quantitative estimate of drug-likeness (QED) is 0.805. The molecule has 0 unspecified atom stereocenters. The Bertz CT molecular complexity index is 475. The molecular formula is C10H10BrN3S. The third-order valence-electron chi connectivity index (χ3n) is 2.66. The minimum Gasteiger partial charge on any atom is -0.268 e. The Labute approximate surface area is 100 Å². The van der Waals surface area contributed by atoms with Gasteiger partial charge in [-0.3, -0.25) is 4.68 Å². The van der Waals surface area contributed by atoms with Crippen molar-refractivity contribution in [3.63, 3.8) is 0 Å². The number of rotatable bonds is 1. The number of aromatic nitrogens is 3. The summed E-state index contributed by atoms with van der Waals surface area (Å²) in [6, 6.07) is 0. The molecule has 3 heterocycles. The van der Waals surface area contributed by atoms with E-state index in [1.165, 1.54) is 18.5 Å². The van der Waals surface area contributed by atoms with Gasteiger partial charge in [-0.15, -0.1) is 11.3 Å². The van der Waals surface area contributed by atoms with Crippen LogP contribution in [0.2, 0.25) is 0 Å². The van der Waals surface area contributed by atoms with Crippen molar-refractivity contribution in [1.82, 2.24) is 14.8 Å². The minimum atomic E-state index is 1.00. The van der Waals surface area contributed by atoms with Crippen molar-refractivity contribution in [2.75, 3.05) is 0 Å². The molecule has 2 aromatic heterocycles. The molecule has 0 aliphatic carbocycles. The molecule has 0 fully saturated rings. The molecule has 0 saturated carbocycles. The van der Waals surface area contributed by atoms with Gasteiger partial charge in [0.25, 0.3) is 0 Å². The summed E-state index contributed by atoms with van der Waals surface area (Å²) in [5, 5.41) is 7.60. The number of aryl methyl sites for hydroxylation is 1. The Balaban J connectivity index is 2.13. The van der Waals surface area contributed by atoms with E-state index in [0.29, 0.717) is 0 Å². The zero-order valence-corrected chi connectivity index (χ0v) is 10.5.